The first-order valence-corrected chi connectivity index (χ1v) is 7.57. The minimum atomic E-state index is -4.50. The number of rotatable bonds is 8. The number of nitrogens with one attached hydrogen (secondary N) is 2. The molecule has 0 aliphatic heterocycles. The van der Waals surface area contributed by atoms with E-state index in [1.54, 1.807) is 7.11 Å². The minimum absolute atomic E-state index is 0. The van der Waals surface area contributed by atoms with Crippen molar-refractivity contribution in [3.05, 3.63) is 23.9 Å². The van der Waals surface area contributed by atoms with Crippen LogP contribution in [0.15, 0.2) is 23.3 Å². The number of nitrogens with zero attached hydrogens (tertiary/aromatic N) is 2. The fourth-order valence-electron chi connectivity index (χ4n) is 1.87. The number of methoxy groups -OCH3 is 1. The van der Waals surface area contributed by atoms with Crippen molar-refractivity contribution in [2.75, 3.05) is 33.4 Å². The summed E-state index contributed by atoms with van der Waals surface area (Å²) in [5, 5.41) is 6.15. The molecule has 1 heterocycles. The predicted octanol–water partition coefficient (Wildman–Crippen LogP) is 2.69. The summed E-state index contributed by atoms with van der Waals surface area (Å²) in [6, 6.07) is 2.20. The van der Waals surface area contributed by atoms with E-state index in [9.17, 15) is 13.2 Å². The average molecular weight is 476 g/mol. The highest BCUT2D eigenvalue weighted by Crippen LogP contribution is 2.34. The Labute approximate surface area is 162 Å². The Balaban J connectivity index is 0.00000576. The summed E-state index contributed by atoms with van der Waals surface area (Å²) in [6.07, 6.45) is -3.25. The molecule has 1 aromatic rings. The van der Waals surface area contributed by atoms with Gasteiger partial charge in [0.05, 0.1) is 13.2 Å². The summed E-state index contributed by atoms with van der Waals surface area (Å²) < 4.78 is 48.6. The van der Waals surface area contributed by atoms with Gasteiger partial charge in [0.25, 0.3) is 0 Å². The van der Waals surface area contributed by atoms with E-state index in [4.69, 9.17) is 9.47 Å². The van der Waals surface area contributed by atoms with Crippen LogP contribution in [0.4, 0.5) is 13.2 Å². The van der Waals surface area contributed by atoms with E-state index in [0.29, 0.717) is 19.1 Å². The van der Waals surface area contributed by atoms with Gasteiger partial charge < -0.3 is 20.1 Å². The van der Waals surface area contributed by atoms with Gasteiger partial charge in [0, 0.05) is 25.9 Å². The fraction of sp³-hybridized carbons (Fsp3) is 0.600. The SMILES string of the molecule is CCNC(=NCCOc1ncccc1C(F)(F)F)NC(C)COC.I. The number of aromatic nitrogens is 1. The van der Waals surface area contributed by atoms with Crippen LogP contribution in [0.25, 0.3) is 0 Å². The molecule has 144 valence electrons. The van der Waals surface area contributed by atoms with Gasteiger partial charge in [-0.05, 0) is 26.0 Å². The second-order valence-corrected chi connectivity index (χ2v) is 4.96. The Hall–Kier alpha value is -1.30. The molecule has 1 unspecified atom stereocenters. The maximum absolute atomic E-state index is 12.8. The standard InChI is InChI=1S/C15H23F3N4O2.HI/c1-4-19-14(22-11(2)10-23-3)21-8-9-24-13-12(15(16,17)18)6-5-7-20-13;/h5-7,11H,4,8-10H2,1-3H3,(H2,19,21,22);1H. The van der Waals surface area contributed by atoms with Crippen LogP contribution in [-0.2, 0) is 10.9 Å². The quantitative estimate of drug-likeness (QED) is 0.262. The van der Waals surface area contributed by atoms with Crippen LogP contribution in [-0.4, -0.2) is 50.4 Å². The molecular weight excluding hydrogens is 452 g/mol. The molecular formula is C15H24F3IN4O2. The molecule has 0 saturated carbocycles. The van der Waals surface area contributed by atoms with Gasteiger partial charge >= 0.3 is 6.18 Å². The van der Waals surface area contributed by atoms with E-state index < -0.39 is 17.6 Å². The van der Waals surface area contributed by atoms with Gasteiger partial charge in [-0.15, -0.1) is 24.0 Å². The number of aliphatic imine (C=N–C) groups is 1. The summed E-state index contributed by atoms with van der Waals surface area (Å²) in [7, 11) is 1.60. The summed E-state index contributed by atoms with van der Waals surface area (Å²) in [5.41, 5.74) is -0.896. The fourth-order valence-corrected chi connectivity index (χ4v) is 1.87. The molecule has 1 rings (SSSR count). The molecule has 1 aromatic heterocycles. The van der Waals surface area contributed by atoms with Crippen LogP contribution in [0.3, 0.4) is 0 Å². The molecule has 0 aromatic carbocycles. The zero-order valence-electron chi connectivity index (χ0n) is 14.4. The number of alkyl halides is 3. The zero-order valence-corrected chi connectivity index (χ0v) is 16.7. The maximum atomic E-state index is 12.8. The van der Waals surface area contributed by atoms with Gasteiger partial charge in [-0.3, -0.25) is 0 Å². The van der Waals surface area contributed by atoms with Crippen LogP contribution in [0.1, 0.15) is 19.4 Å². The number of hydrogen-bond donors (Lipinski definition) is 2. The number of guanidine groups is 1. The molecule has 10 heteroatoms. The molecule has 2 N–H and O–H groups in total. The number of ether oxygens (including phenoxy) is 2. The van der Waals surface area contributed by atoms with Crippen LogP contribution in [0.5, 0.6) is 5.88 Å². The van der Waals surface area contributed by atoms with E-state index in [-0.39, 0.29) is 43.2 Å². The molecule has 0 aliphatic rings. The monoisotopic (exact) mass is 476 g/mol. The second kappa shape index (κ2) is 12.1. The first-order valence-electron chi connectivity index (χ1n) is 7.57. The van der Waals surface area contributed by atoms with Crippen molar-refractivity contribution >= 4 is 29.9 Å². The van der Waals surface area contributed by atoms with Crippen LogP contribution >= 0.6 is 24.0 Å². The van der Waals surface area contributed by atoms with Crippen LogP contribution < -0.4 is 15.4 Å². The Morgan fingerprint density at radius 1 is 1.40 bits per heavy atom. The lowest BCUT2D eigenvalue weighted by molar-refractivity contribution is -0.139. The number of halogens is 4. The molecule has 0 saturated heterocycles. The lowest BCUT2D eigenvalue weighted by Gasteiger charge is -2.17. The van der Waals surface area contributed by atoms with Gasteiger partial charge in [-0.2, -0.15) is 13.2 Å². The van der Waals surface area contributed by atoms with Crippen molar-refractivity contribution in [1.29, 1.82) is 0 Å². The van der Waals surface area contributed by atoms with Gasteiger partial charge in [0.2, 0.25) is 5.88 Å². The summed E-state index contributed by atoms with van der Waals surface area (Å²) in [6.45, 7) is 5.17. The third kappa shape index (κ3) is 9.10. The van der Waals surface area contributed by atoms with E-state index in [2.05, 4.69) is 20.6 Å². The topological polar surface area (TPSA) is 67.8 Å². The Morgan fingerprint density at radius 3 is 2.72 bits per heavy atom. The maximum Gasteiger partial charge on any atom is 0.421 e. The third-order valence-electron chi connectivity index (χ3n) is 2.82. The number of pyridine rings is 1. The largest absolute Gasteiger partial charge is 0.475 e. The summed E-state index contributed by atoms with van der Waals surface area (Å²) >= 11 is 0. The van der Waals surface area contributed by atoms with Gasteiger partial charge in [-0.1, -0.05) is 0 Å². The normalized spacial score (nSPS) is 13.0. The average Bonchev–Trinajstić information content (AvgIpc) is 2.51. The highest BCUT2D eigenvalue weighted by molar-refractivity contribution is 14.0. The number of hydrogen-bond acceptors (Lipinski definition) is 4. The lowest BCUT2D eigenvalue weighted by Crippen LogP contribution is -2.44. The Kier molecular flexibility index (Phi) is 11.5. The molecule has 0 bridgehead atoms. The van der Waals surface area contributed by atoms with Gasteiger partial charge in [-0.25, -0.2) is 9.98 Å². The molecule has 0 fully saturated rings. The first-order chi connectivity index (χ1) is 11.4. The molecule has 1 atom stereocenters. The molecule has 6 nitrogen and oxygen atoms in total. The Morgan fingerprint density at radius 2 is 2.12 bits per heavy atom. The van der Waals surface area contributed by atoms with Crippen LogP contribution in [0.2, 0.25) is 0 Å². The van der Waals surface area contributed by atoms with Crippen molar-refractivity contribution in [2.24, 2.45) is 4.99 Å². The van der Waals surface area contributed by atoms with Crippen molar-refractivity contribution in [2.45, 2.75) is 26.1 Å². The highest BCUT2D eigenvalue weighted by Gasteiger charge is 2.34. The molecule has 25 heavy (non-hydrogen) atoms. The first kappa shape index (κ1) is 23.7. The van der Waals surface area contributed by atoms with Gasteiger partial charge in [0.1, 0.15) is 12.2 Å². The Bertz CT molecular complexity index is 530. The van der Waals surface area contributed by atoms with Gasteiger partial charge in [0.15, 0.2) is 5.96 Å². The van der Waals surface area contributed by atoms with Crippen molar-refractivity contribution in [3.63, 3.8) is 0 Å². The van der Waals surface area contributed by atoms with Crippen molar-refractivity contribution in [1.82, 2.24) is 15.6 Å². The van der Waals surface area contributed by atoms with E-state index >= 15 is 0 Å². The molecule has 0 radical (unpaired) electrons. The molecule has 0 aliphatic carbocycles. The molecule has 0 amide bonds. The second-order valence-electron chi connectivity index (χ2n) is 4.96. The third-order valence-corrected chi connectivity index (χ3v) is 2.82. The smallest absolute Gasteiger partial charge is 0.421 e. The minimum Gasteiger partial charge on any atom is -0.475 e. The van der Waals surface area contributed by atoms with E-state index in [1.807, 2.05) is 13.8 Å². The predicted molar refractivity (Wildman–Crippen MR) is 101 cm³/mol. The van der Waals surface area contributed by atoms with Crippen molar-refractivity contribution in [3.8, 4) is 5.88 Å². The highest BCUT2D eigenvalue weighted by atomic mass is 127. The summed E-state index contributed by atoms with van der Waals surface area (Å²) in [4.78, 5) is 7.88. The van der Waals surface area contributed by atoms with Crippen molar-refractivity contribution < 1.29 is 22.6 Å². The van der Waals surface area contributed by atoms with E-state index in [1.165, 1.54) is 12.3 Å². The zero-order chi connectivity index (χ0) is 18.0. The summed E-state index contributed by atoms with van der Waals surface area (Å²) in [5.74, 6) is 0.105. The molecule has 0 spiro atoms. The van der Waals surface area contributed by atoms with Crippen LogP contribution in [0, 0.1) is 0 Å². The van der Waals surface area contributed by atoms with E-state index in [0.717, 1.165) is 6.07 Å². The lowest BCUT2D eigenvalue weighted by atomic mass is 10.2.